The third-order valence-corrected chi connectivity index (χ3v) is 5.16. The van der Waals surface area contributed by atoms with E-state index >= 15 is 0 Å². The summed E-state index contributed by atoms with van der Waals surface area (Å²) in [5.41, 5.74) is 3.61. The summed E-state index contributed by atoms with van der Waals surface area (Å²) >= 11 is 0. The highest BCUT2D eigenvalue weighted by Crippen LogP contribution is 2.29. The Balaban J connectivity index is 1.56. The zero-order valence-corrected chi connectivity index (χ0v) is 16.3. The van der Waals surface area contributed by atoms with Crippen LogP contribution in [-0.2, 0) is 6.54 Å². The van der Waals surface area contributed by atoms with Crippen LogP contribution >= 0.6 is 0 Å². The van der Waals surface area contributed by atoms with Gasteiger partial charge in [-0.1, -0.05) is 48.5 Å². The molecule has 0 aliphatic heterocycles. The van der Waals surface area contributed by atoms with Crippen LogP contribution in [-0.4, -0.2) is 15.9 Å². The molecule has 0 N–H and O–H groups in total. The smallest absolute Gasteiger partial charge is 0.406 e. The Labute approximate surface area is 176 Å². The first kappa shape index (κ1) is 19.2. The average molecular weight is 418 g/mol. The SMILES string of the molecule is FC(F)(F)Oc1ccc(-c2nc3ccccc3n2Cc2ccc3ccccc3c2)cc1. The summed E-state index contributed by atoms with van der Waals surface area (Å²) in [7, 11) is 0. The molecule has 0 amide bonds. The van der Waals surface area contributed by atoms with Crippen LogP contribution in [0, 0.1) is 0 Å². The number of rotatable bonds is 4. The van der Waals surface area contributed by atoms with Gasteiger partial charge in [0.2, 0.25) is 0 Å². The van der Waals surface area contributed by atoms with Crippen LogP contribution in [0.5, 0.6) is 5.75 Å². The van der Waals surface area contributed by atoms with Gasteiger partial charge in [-0.3, -0.25) is 0 Å². The quantitative estimate of drug-likeness (QED) is 0.321. The number of aromatic nitrogens is 2. The van der Waals surface area contributed by atoms with Gasteiger partial charge in [0.05, 0.1) is 11.0 Å². The third-order valence-electron chi connectivity index (χ3n) is 5.16. The summed E-state index contributed by atoms with van der Waals surface area (Å²) in [6.07, 6.45) is -4.72. The van der Waals surface area contributed by atoms with Gasteiger partial charge in [0.1, 0.15) is 11.6 Å². The lowest BCUT2D eigenvalue weighted by Gasteiger charge is -2.12. The lowest BCUT2D eigenvalue weighted by atomic mass is 10.1. The Morgan fingerprint density at radius 1 is 0.774 bits per heavy atom. The molecule has 31 heavy (non-hydrogen) atoms. The van der Waals surface area contributed by atoms with Crippen molar-refractivity contribution in [1.82, 2.24) is 9.55 Å². The third kappa shape index (κ3) is 3.97. The topological polar surface area (TPSA) is 27.1 Å². The van der Waals surface area contributed by atoms with Crippen molar-refractivity contribution in [3.8, 4) is 17.1 Å². The van der Waals surface area contributed by atoms with Crippen LogP contribution in [0.25, 0.3) is 33.2 Å². The zero-order valence-electron chi connectivity index (χ0n) is 16.3. The first-order valence-electron chi connectivity index (χ1n) is 9.75. The van der Waals surface area contributed by atoms with Gasteiger partial charge in [-0.05, 0) is 58.8 Å². The Kier molecular flexibility index (Phi) is 4.62. The molecular weight excluding hydrogens is 401 g/mol. The fraction of sp³-hybridized carbons (Fsp3) is 0.0800. The lowest BCUT2D eigenvalue weighted by molar-refractivity contribution is -0.274. The van der Waals surface area contributed by atoms with Gasteiger partial charge in [0.25, 0.3) is 0 Å². The van der Waals surface area contributed by atoms with Crippen LogP contribution in [0.15, 0.2) is 91.0 Å². The number of ether oxygens (including phenoxy) is 1. The first-order chi connectivity index (χ1) is 15.0. The maximum atomic E-state index is 12.5. The van der Waals surface area contributed by atoms with E-state index in [0.717, 1.165) is 22.0 Å². The molecule has 6 heteroatoms. The lowest BCUT2D eigenvalue weighted by Crippen LogP contribution is -2.16. The van der Waals surface area contributed by atoms with Crippen molar-refractivity contribution in [2.75, 3.05) is 0 Å². The molecule has 5 aromatic rings. The van der Waals surface area contributed by atoms with Crippen molar-refractivity contribution in [3.63, 3.8) is 0 Å². The largest absolute Gasteiger partial charge is 0.573 e. The van der Waals surface area contributed by atoms with Crippen molar-refractivity contribution >= 4 is 21.8 Å². The zero-order chi connectivity index (χ0) is 21.4. The van der Waals surface area contributed by atoms with Crippen LogP contribution < -0.4 is 4.74 Å². The second-order valence-corrected chi connectivity index (χ2v) is 7.26. The Hall–Kier alpha value is -3.80. The van der Waals surface area contributed by atoms with Crippen LogP contribution in [0.3, 0.4) is 0 Å². The van der Waals surface area contributed by atoms with Gasteiger partial charge in [0.15, 0.2) is 0 Å². The molecule has 5 rings (SSSR count). The average Bonchev–Trinajstić information content (AvgIpc) is 3.11. The molecule has 1 aromatic heterocycles. The van der Waals surface area contributed by atoms with E-state index in [1.165, 1.54) is 17.5 Å². The molecule has 154 valence electrons. The van der Waals surface area contributed by atoms with Crippen molar-refractivity contribution < 1.29 is 17.9 Å². The summed E-state index contributed by atoms with van der Waals surface area (Å²) in [5.74, 6) is 0.432. The van der Waals surface area contributed by atoms with E-state index in [9.17, 15) is 13.2 Å². The molecule has 0 aliphatic carbocycles. The molecule has 0 atom stereocenters. The summed E-state index contributed by atoms with van der Waals surface area (Å²) in [6.45, 7) is 0.585. The summed E-state index contributed by atoms with van der Waals surface area (Å²) in [5, 5.41) is 2.32. The summed E-state index contributed by atoms with van der Waals surface area (Å²) < 4.78 is 43.5. The van der Waals surface area contributed by atoms with Crippen molar-refractivity contribution in [1.29, 1.82) is 0 Å². The number of hydrogen-bond donors (Lipinski definition) is 0. The van der Waals surface area contributed by atoms with Crippen LogP contribution in [0.1, 0.15) is 5.56 Å². The first-order valence-corrected chi connectivity index (χ1v) is 9.75. The predicted octanol–water partition coefficient (Wildman–Crippen LogP) is 6.80. The molecule has 1 heterocycles. The number of alkyl halides is 3. The minimum atomic E-state index is -4.72. The molecular formula is C25H17F3N2O. The van der Waals surface area contributed by atoms with Crippen LogP contribution in [0.4, 0.5) is 13.2 Å². The molecule has 0 radical (unpaired) electrons. The molecule has 0 unspecified atom stereocenters. The highest BCUT2D eigenvalue weighted by atomic mass is 19.4. The summed E-state index contributed by atoms with van der Waals surface area (Å²) in [4.78, 5) is 4.75. The standard InChI is InChI=1S/C25H17F3N2O/c26-25(27,28)31-21-13-11-19(12-14-21)24-29-22-7-3-4-8-23(22)30(24)16-17-9-10-18-5-1-2-6-20(18)15-17/h1-15H,16H2. The van der Waals surface area contributed by atoms with E-state index in [1.54, 1.807) is 12.1 Å². The van der Waals surface area contributed by atoms with Gasteiger partial charge < -0.3 is 9.30 Å². The highest BCUT2D eigenvalue weighted by molar-refractivity contribution is 5.84. The maximum Gasteiger partial charge on any atom is 0.573 e. The molecule has 0 saturated carbocycles. The number of nitrogens with zero attached hydrogens (tertiary/aromatic N) is 2. The van der Waals surface area contributed by atoms with E-state index in [2.05, 4.69) is 39.6 Å². The fourth-order valence-corrected chi connectivity index (χ4v) is 3.78. The molecule has 3 nitrogen and oxygen atoms in total. The van der Waals surface area contributed by atoms with Crippen molar-refractivity contribution in [3.05, 3.63) is 96.6 Å². The van der Waals surface area contributed by atoms with Gasteiger partial charge in [-0.25, -0.2) is 4.98 Å². The Morgan fingerprint density at radius 2 is 1.48 bits per heavy atom. The fourth-order valence-electron chi connectivity index (χ4n) is 3.78. The second-order valence-electron chi connectivity index (χ2n) is 7.26. The number of benzene rings is 4. The number of para-hydroxylation sites is 2. The highest BCUT2D eigenvalue weighted by Gasteiger charge is 2.31. The van der Waals surface area contributed by atoms with E-state index in [1.807, 2.05) is 36.4 Å². The molecule has 0 saturated heterocycles. The number of halogens is 3. The number of fused-ring (bicyclic) bond motifs is 2. The normalized spacial score (nSPS) is 11.8. The molecule has 0 aliphatic rings. The van der Waals surface area contributed by atoms with Gasteiger partial charge in [-0.15, -0.1) is 13.2 Å². The van der Waals surface area contributed by atoms with E-state index < -0.39 is 6.36 Å². The number of imidazole rings is 1. The second kappa shape index (κ2) is 7.47. The Bertz CT molecular complexity index is 1370. The molecule has 0 bridgehead atoms. The van der Waals surface area contributed by atoms with Gasteiger partial charge in [0, 0.05) is 12.1 Å². The van der Waals surface area contributed by atoms with Gasteiger partial charge >= 0.3 is 6.36 Å². The number of hydrogen-bond acceptors (Lipinski definition) is 2. The van der Waals surface area contributed by atoms with Crippen molar-refractivity contribution in [2.45, 2.75) is 12.9 Å². The van der Waals surface area contributed by atoms with E-state index in [0.29, 0.717) is 17.9 Å². The molecule has 0 spiro atoms. The summed E-state index contributed by atoms with van der Waals surface area (Å²) in [6, 6.07) is 28.1. The van der Waals surface area contributed by atoms with E-state index in [4.69, 9.17) is 4.98 Å². The minimum absolute atomic E-state index is 0.256. The van der Waals surface area contributed by atoms with E-state index in [-0.39, 0.29) is 5.75 Å². The van der Waals surface area contributed by atoms with Crippen LogP contribution in [0.2, 0.25) is 0 Å². The maximum absolute atomic E-state index is 12.5. The van der Waals surface area contributed by atoms with Crippen molar-refractivity contribution in [2.24, 2.45) is 0 Å². The monoisotopic (exact) mass is 418 g/mol. The molecule has 0 fully saturated rings. The predicted molar refractivity (Wildman–Crippen MR) is 115 cm³/mol. The molecule has 4 aromatic carbocycles. The minimum Gasteiger partial charge on any atom is -0.406 e. The Morgan fingerprint density at radius 3 is 2.26 bits per heavy atom. The van der Waals surface area contributed by atoms with Gasteiger partial charge in [-0.2, -0.15) is 0 Å².